The Kier molecular flexibility index (Phi) is 4.02. The molecule has 0 aliphatic carbocycles. The van der Waals surface area contributed by atoms with Crippen LogP contribution in [-0.4, -0.2) is 14.2 Å². The number of ether oxygens (including phenoxy) is 1. The summed E-state index contributed by atoms with van der Waals surface area (Å²) >= 11 is 0. The van der Waals surface area contributed by atoms with Gasteiger partial charge in [0.25, 0.3) is 0 Å². The molecule has 0 amide bonds. The first-order valence-electron chi connectivity index (χ1n) is 6.02. The van der Waals surface area contributed by atoms with E-state index in [-0.39, 0.29) is 11.8 Å². The van der Waals surface area contributed by atoms with Gasteiger partial charge in [0.15, 0.2) is 11.6 Å². The molecule has 4 heteroatoms. The molecule has 0 aliphatic rings. The molecule has 0 bridgehead atoms. The van der Waals surface area contributed by atoms with Crippen molar-refractivity contribution in [1.82, 2.24) is 0 Å². The number of benzene rings is 2. The number of anilines is 1. The maximum atomic E-state index is 13.7. The quantitative estimate of drug-likeness (QED) is 0.888. The van der Waals surface area contributed by atoms with E-state index in [1.807, 2.05) is 31.3 Å². The zero-order valence-corrected chi connectivity index (χ0v) is 11.0. The molecule has 2 aromatic rings. The predicted octanol–water partition coefficient (Wildman–Crippen LogP) is 2.92. The largest absolute Gasteiger partial charge is 0.494 e. The third-order valence-corrected chi connectivity index (χ3v) is 3.07. The third kappa shape index (κ3) is 2.85. The van der Waals surface area contributed by atoms with Crippen molar-refractivity contribution in [2.24, 2.45) is 5.73 Å². The molecule has 1 unspecified atom stereocenters. The van der Waals surface area contributed by atoms with Gasteiger partial charge in [-0.1, -0.05) is 18.2 Å². The molecule has 19 heavy (non-hydrogen) atoms. The van der Waals surface area contributed by atoms with Crippen LogP contribution in [-0.2, 0) is 0 Å². The molecular formula is C15H17FN2O. The molecule has 0 saturated carbocycles. The van der Waals surface area contributed by atoms with Gasteiger partial charge < -0.3 is 15.8 Å². The Labute approximate surface area is 112 Å². The first kappa shape index (κ1) is 13.4. The zero-order chi connectivity index (χ0) is 13.8. The molecular weight excluding hydrogens is 243 g/mol. The summed E-state index contributed by atoms with van der Waals surface area (Å²) in [5.41, 5.74) is 8.78. The van der Waals surface area contributed by atoms with Crippen molar-refractivity contribution in [3.8, 4) is 5.75 Å². The third-order valence-electron chi connectivity index (χ3n) is 3.07. The van der Waals surface area contributed by atoms with Gasteiger partial charge in [0, 0.05) is 12.7 Å². The van der Waals surface area contributed by atoms with Crippen LogP contribution in [0.15, 0.2) is 42.5 Å². The first-order chi connectivity index (χ1) is 9.15. The number of rotatable bonds is 4. The van der Waals surface area contributed by atoms with Crippen molar-refractivity contribution in [3.63, 3.8) is 0 Å². The van der Waals surface area contributed by atoms with Crippen molar-refractivity contribution in [3.05, 3.63) is 59.4 Å². The minimum atomic E-state index is -0.403. The lowest BCUT2D eigenvalue weighted by atomic mass is 9.99. The van der Waals surface area contributed by atoms with Crippen LogP contribution in [0.3, 0.4) is 0 Å². The highest BCUT2D eigenvalue weighted by Gasteiger charge is 2.12. The molecule has 0 heterocycles. The Morgan fingerprint density at radius 2 is 1.89 bits per heavy atom. The van der Waals surface area contributed by atoms with E-state index in [0.29, 0.717) is 5.56 Å². The molecule has 0 aliphatic heterocycles. The summed E-state index contributed by atoms with van der Waals surface area (Å²) in [6, 6.07) is 12.2. The molecule has 100 valence electrons. The molecule has 0 saturated heterocycles. The van der Waals surface area contributed by atoms with Crippen LogP contribution in [0, 0.1) is 5.82 Å². The number of halogens is 1. The minimum absolute atomic E-state index is 0.222. The summed E-state index contributed by atoms with van der Waals surface area (Å²) in [5.74, 6) is -0.180. The fourth-order valence-corrected chi connectivity index (χ4v) is 1.96. The SMILES string of the molecule is CNc1cccc(C(N)c2ccc(OC)c(F)c2)c1. The van der Waals surface area contributed by atoms with Crippen LogP contribution in [0.5, 0.6) is 5.75 Å². The highest BCUT2D eigenvalue weighted by atomic mass is 19.1. The van der Waals surface area contributed by atoms with Crippen molar-refractivity contribution >= 4 is 5.69 Å². The van der Waals surface area contributed by atoms with E-state index in [2.05, 4.69) is 5.32 Å². The summed E-state index contributed by atoms with van der Waals surface area (Å²) < 4.78 is 18.6. The smallest absolute Gasteiger partial charge is 0.165 e. The highest BCUT2D eigenvalue weighted by molar-refractivity contribution is 5.47. The van der Waals surface area contributed by atoms with Gasteiger partial charge in [-0.15, -0.1) is 0 Å². The lowest BCUT2D eigenvalue weighted by Gasteiger charge is -2.14. The average Bonchev–Trinajstić information content (AvgIpc) is 2.46. The molecule has 0 spiro atoms. The van der Waals surface area contributed by atoms with Gasteiger partial charge in [-0.05, 0) is 35.4 Å². The maximum absolute atomic E-state index is 13.7. The summed E-state index contributed by atoms with van der Waals surface area (Å²) in [6.45, 7) is 0. The molecule has 1 atom stereocenters. The molecule has 3 nitrogen and oxygen atoms in total. The first-order valence-corrected chi connectivity index (χ1v) is 6.02. The maximum Gasteiger partial charge on any atom is 0.165 e. The van der Waals surface area contributed by atoms with Crippen molar-refractivity contribution in [1.29, 1.82) is 0 Å². The zero-order valence-electron chi connectivity index (χ0n) is 11.0. The van der Waals surface area contributed by atoms with Crippen LogP contribution in [0.25, 0.3) is 0 Å². The molecule has 0 fully saturated rings. The summed E-state index contributed by atoms with van der Waals surface area (Å²) in [7, 11) is 3.28. The second-order valence-corrected chi connectivity index (χ2v) is 4.25. The van der Waals surface area contributed by atoms with E-state index in [0.717, 1.165) is 11.3 Å². The van der Waals surface area contributed by atoms with E-state index in [1.165, 1.54) is 13.2 Å². The lowest BCUT2D eigenvalue weighted by Crippen LogP contribution is -2.12. The number of hydrogen-bond donors (Lipinski definition) is 2. The Balaban J connectivity index is 2.32. The molecule has 0 aromatic heterocycles. The van der Waals surface area contributed by atoms with Crippen LogP contribution < -0.4 is 15.8 Å². The Hall–Kier alpha value is -2.07. The Bertz CT molecular complexity index is 572. The van der Waals surface area contributed by atoms with Crippen LogP contribution in [0.4, 0.5) is 10.1 Å². The second kappa shape index (κ2) is 5.71. The standard InChI is InChI=1S/C15H17FN2O/c1-18-12-5-3-4-10(8-12)15(17)11-6-7-14(19-2)13(16)9-11/h3-9,15,18H,17H2,1-2H3. The van der Waals surface area contributed by atoms with Crippen LogP contribution >= 0.6 is 0 Å². The predicted molar refractivity (Wildman–Crippen MR) is 75.0 cm³/mol. The summed E-state index contributed by atoms with van der Waals surface area (Å²) in [4.78, 5) is 0. The average molecular weight is 260 g/mol. The molecule has 0 radical (unpaired) electrons. The second-order valence-electron chi connectivity index (χ2n) is 4.25. The van der Waals surface area contributed by atoms with E-state index in [4.69, 9.17) is 10.5 Å². The molecule has 2 rings (SSSR count). The van der Waals surface area contributed by atoms with E-state index >= 15 is 0 Å². The normalized spacial score (nSPS) is 12.0. The lowest BCUT2D eigenvalue weighted by molar-refractivity contribution is 0.386. The fourth-order valence-electron chi connectivity index (χ4n) is 1.96. The van der Waals surface area contributed by atoms with Gasteiger partial charge >= 0.3 is 0 Å². The van der Waals surface area contributed by atoms with Crippen LogP contribution in [0.1, 0.15) is 17.2 Å². The van der Waals surface area contributed by atoms with Crippen molar-refractivity contribution < 1.29 is 9.13 Å². The van der Waals surface area contributed by atoms with E-state index in [1.54, 1.807) is 12.1 Å². The van der Waals surface area contributed by atoms with Gasteiger partial charge in [-0.25, -0.2) is 4.39 Å². The Morgan fingerprint density at radius 1 is 1.16 bits per heavy atom. The van der Waals surface area contributed by atoms with Crippen molar-refractivity contribution in [2.45, 2.75) is 6.04 Å². The van der Waals surface area contributed by atoms with Crippen LogP contribution in [0.2, 0.25) is 0 Å². The number of nitrogens with one attached hydrogen (secondary N) is 1. The summed E-state index contributed by atoms with van der Waals surface area (Å²) in [6.07, 6.45) is 0. The minimum Gasteiger partial charge on any atom is -0.494 e. The molecule has 2 aromatic carbocycles. The van der Waals surface area contributed by atoms with Gasteiger partial charge in [-0.2, -0.15) is 0 Å². The monoisotopic (exact) mass is 260 g/mol. The van der Waals surface area contributed by atoms with E-state index in [9.17, 15) is 4.39 Å². The van der Waals surface area contributed by atoms with Gasteiger partial charge in [0.1, 0.15) is 0 Å². The van der Waals surface area contributed by atoms with Gasteiger partial charge in [0.2, 0.25) is 0 Å². The highest BCUT2D eigenvalue weighted by Crippen LogP contribution is 2.26. The topological polar surface area (TPSA) is 47.3 Å². The van der Waals surface area contributed by atoms with E-state index < -0.39 is 5.82 Å². The number of nitrogens with two attached hydrogens (primary N) is 1. The fraction of sp³-hybridized carbons (Fsp3) is 0.200. The summed E-state index contributed by atoms with van der Waals surface area (Å²) in [5, 5.41) is 3.05. The number of hydrogen-bond acceptors (Lipinski definition) is 3. The Morgan fingerprint density at radius 3 is 2.53 bits per heavy atom. The van der Waals surface area contributed by atoms with Crippen molar-refractivity contribution in [2.75, 3.05) is 19.5 Å². The number of methoxy groups -OCH3 is 1. The molecule has 3 N–H and O–H groups in total. The van der Waals surface area contributed by atoms with Gasteiger partial charge in [0.05, 0.1) is 13.2 Å². The van der Waals surface area contributed by atoms with Gasteiger partial charge in [-0.3, -0.25) is 0 Å².